The van der Waals surface area contributed by atoms with Crippen LogP contribution in [0.25, 0.3) is 0 Å². The van der Waals surface area contributed by atoms with Gasteiger partial charge >= 0.3 is 0 Å². The van der Waals surface area contributed by atoms with E-state index in [9.17, 15) is 13.9 Å². The standard InChI is InChI=1S/C14H20F2N2O/c15-11-5-4-9(6-12(11)16)14(7-17)18-13-3-1-2-10(13)8-19/h4-6,10,13-14,18-19H,1-3,7-8,17H2. The minimum atomic E-state index is -0.858. The molecule has 1 aliphatic carbocycles. The SMILES string of the molecule is NCC(NC1CCCC1CO)c1ccc(F)c(F)c1. The highest BCUT2D eigenvalue weighted by Gasteiger charge is 2.28. The summed E-state index contributed by atoms with van der Waals surface area (Å²) in [7, 11) is 0. The summed E-state index contributed by atoms with van der Waals surface area (Å²) in [6.07, 6.45) is 3.03. The van der Waals surface area contributed by atoms with Crippen LogP contribution < -0.4 is 11.1 Å². The molecule has 0 radical (unpaired) electrons. The van der Waals surface area contributed by atoms with Crippen molar-refractivity contribution in [1.29, 1.82) is 0 Å². The highest BCUT2D eigenvalue weighted by atomic mass is 19.2. The first-order chi connectivity index (χ1) is 9.15. The van der Waals surface area contributed by atoms with Crippen molar-refractivity contribution >= 4 is 0 Å². The van der Waals surface area contributed by atoms with Gasteiger partial charge in [0, 0.05) is 25.2 Å². The molecule has 3 unspecified atom stereocenters. The van der Waals surface area contributed by atoms with Gasteiger partial charge in [-0.2, -0.15) is 0 Å². The van der Waals surface area contributed by atoms with Gasteiger partial charge in [-0.25, -0.2) is 8.78 Å². The maximum absolute atomic E-state index is 13.2. The zero-order chi connectivity index (χ0) is 13.8. The third-order valence-corrected chi connectivity index (χ3v) is 3.89. The number of rotatable bonds is 5. The molecule has 0 spiro atoms. The number of halogens is 2. The molecule has 1 fully saturated rings. The lowest BCUT2D eigenvalue weighted by atomic mass is 10.0. The van der Waals surface area contributed by atoms with Crippen molar-refractivity contribution in [2.24, 2.45) is 11.7 Å². The average Bonchev–Trinajstić information content (AvgIpc) is 2.86. The Labute approximate surface area is 111 Å². The molecule has 1 saturated carbocycles. The molecule has 19 heavy (non-hydrogen) atoms. The molecule has 0 bridgehead atoms. The van der Waals surface area contributed by atoms with E-state index in [0.717, 1.165) is 25.3 Å². The topological polar surface area (TPSA) is 58.3 Å². The van der Waals surface area contributed by atoms with Gasteiger partial charge in [-0.05, 0) is 36.5 Å². The molecule has 106 valence electrons. The number of hydrogen-bond donors (Lipinski definition) is 3. The highest BCUT2D eigenvalue weighted by molar-refractivity contribution is 5.22. The molecule has 3 nitrogen and oxygen atoms in total. The van der Waals surface area contributed by atoms with Crippen molar-refractivity contribution in [3.63, 3.8) is 0 Å². The summed E-state index contributed by atoms with van der Waals surface area (Å²) in [5, 5.41) is 12.6. The molecular weight excluding hydrogens is 250 g/mol. The molecule has 2 rings (SSSR count). The Balaban J connectivity index is 2.09. The van der Waals surface area contributed by atoms with Gasteiger partial charge in [0.25, 0.3) is 0 Å². The van der Waals surface area contributed by atoms with Gasteiger partial charge in [0.2, 0.25) is 0 Å². The van der Waals surface area contributed by atoms with Crippen molar-refractivity contribution in [1.82, 2.24) is 5.32 Å². The number of nitrogens with two attached hydrogens (primary N) is 1. The van der Waals surface area contributed by atoms with Crippen molar-refractivity contribution in [3.05, 3.63) is 35.4 Å². The second kappa shape index (κ2) is 6.41. The Morgan fingerprint density at radius 2 is 2.11 bits per heavy atom. The lowest BCUT2D eigenvalue weighted by Gasteiger charge is -2.26. The summed E-state index contributed by atoms with van der Waals surface area (Å²) in [5.41, 5.74) is 6.36. The zero-order valence-corrected chi connectivity index (χ0v) is 10.8. The Bertz CT molecular complexity index is 428. The van der Waals surface area contributed by atoms with E-state index in [2.05, 4.69) is 5.32 Å². The van der Waals surface area contributed by atoms with Crippen LogP contribution in [0.3, 0.4) is 0 Å². The first kappa shape index (κ1) is 14.4. The molecule has 0 aromatic heterocycles. The first-order valence-electron chi connectivity index (χ1n) is 6.67. The van der Waals surface area contributed by atoms with Crippen LogP contribution in [0.2, 0.25) is 0 Å². The molecule has 4 N–H and O–H groups in total. The number of aliphatic hydroxyl groups excluding tert-OH is 1. The van der Waals surface area contributed by atoms with E-state index in [1.807, 2.05) is 0 Å². The van der Waals surface area contributed by atoms with E-state index < -0.39 is 11.6 Å². The van der Waals surface area contributed by atoms with Gasteiger partial charge in [0.05, 0.1) is 0 Å². The van der Waals surface area contributed by atoms with E-state index in [1.54, 1.807) is 6.07 Å². The maximum Gasteiger partial charge on any atom is 0.159 e. The predicted molar refractivity (Wildman–Crippen MR) is 69.5 cm³/mol. The fourth-order valence-electron chi connectivity index (χ4n) is 2.76. The quantitative estimate of drug-likeness (QED) is 0.763. The fourth-order valence-corrected chi connectivity index (χ4v) is 2.76. The molecule has 3 atom stereocenters. The predicted octanol–water partition coefficient (Wildman–Crippen LogP) is 1.72. The minimum absolute atomic E-state index is 0.146. The fraction of sp³-hybridized carbons (Fsp3) is 0.571. The maximum atomic E-state index is 13.2. The van der Waals surface area contributed by atoms with Crippen LogP contribution >= 0.6 is 0 Å². The molecule has 0 aliphatic heterocycles. The smallest absolute Gasteiger partial charge is 0.159 e. The second-order valence-electron chi connectivity index (χ2n) is 5.11. The Hall–Kier alpha value is -1.04. The largest absolute Gasteiger partial charge is 0.396 e. The number of benzene rings is 1. The molecule has 1 aliphatic rings. The van der Waals surface area contributed by atoms with Crippen LogP contribution in [-0.2, 0) is 0 Å². The van der Waals surface area contributed by atoms with E-state index in [4.69, 9.17) is 5.73 Å². The van der Waals surface area contributed by atoms with Crippen LogP contribution in [0, 0.1) is 17.6 Å². The summed E-state index contributed by atoms with van der Waals surface area (Å²) in [6, 6.07) is 3.82. The lowest BCUT2D eigenvalue weighted by Crippen LogP contribution is -2.39. The second-order valence-corrected chi connectivity index (χ2v) is 5.11. The lowest BCUT2D eigenvalue weighted by molar-refractivity contribution is 0.199. The normalized spacial score (nSPS) is 24.6. The summed E-state index contributed by atoms with van der Waals surface area (Å²) >= 11 is 0. The van der Waals surface area contributed by atoms with Gasteiger partial charge in [0.15, 0.2) is 11.6 Å². The average molecular weight is 270 g/mol. The van der Waals surface area contributed by atoms with Crippen molar-refractivity contribution in [2.75, 3.05) is 13.2 Å². The molecule has 1 aromatic rings. The van der Waals surface area contributed by atoms with Crippen LogP contribution in [0.1, 0.15) is 30.9 Å². The van der Waals surface area contributed by atoms with Gasteiger partial charge in [-0.3, -0.25) is 0 Å². The first-order valence-corrected chi connectivity index (χ1v) is 6.67. The summed E-state index contributed by atoms with van der Waals surface area (Å²) < 4.78 is 26.2. The highest BCUT2D eigenvalue weighted by Crippen LogP contribution is 2.27. The molecule has 5 heteroatoms. The van der Waals surface area contributed by atoms with Gasteiger partial charge in [-0.1, -0.05) is 12.5 Å². The van der Waals surface area contributed by atoms with Crippen LogP contribution in [0.5, 0.6) is 0 Å². The van der Waals surface area contributed by atoms with Crippen LogP contribution in [-0.4, -0.2) is 24.3 Å². The minimum Gasteiger partial charge on any atom is -0.396 e. The third-order valence-electron chi connectivity index (χ3n) is 3.89. The van der Waals surface area contributed by atoms with E-state index in [-0.39, 0.29) is 24.6 Å². The monoisotopic (exact) mass is 270 g/mol. The number of hydrogen-bond acceptors (Lipinski definition) is 3. The Morgan fingerprint density at radius 1 is 1.32 bits per heavy atom. The van der Waals surface area contributed by atoms with E-state index in [1.165, 1.54) is 6.07 Å². The van der Waals surface area contributed by atoms with Gasteiger partial charge in [0.1, 0.15) is 0 Å². The molecular formula is C14H20F2N2O. The van der Waals surface area contributed by atoms with Crippen molar-refractivity contribution < 1.29 is 13.9 Å². The molecule has 0 saturated heterocycles. The van der Waals surface area contributed by atoms with E-state index in [0.29, 0.717) is 12.1 Å². The molecule has 0 heterocycles. The number of nitrogens with one attached hydrogen (secondary N) is 1. The molecule has 1 aromatic carbocycles. The molecule has 0 amide bonds. The van der Waals surface area contributed by atoms with Gasteiger partial charge < -0.3 is 16.2 Å². The van der Waals surface area contributed by atoms with Crippen molar-refractivity contribution in [2.45, 2.75) is 31.3 Å². The third kappa shape index (κ3) is 3.29. The Kier molecular flexibility index (Phi) is 4.85. The van der Waals surface area contributed by atoms with Crippen molar-refractivity contribution in [3.8, 4) is 0 Å². The zero-order valence-electron chi connectivity index (χ0n) is 10.8. The summed E-state index contributed by atoms with van der Waals surface area (Å²) in [5.74, 6) is -1.49. The van der Waals surface area contributed by atoms with Crippen LogP contribution in [0.15, 0.2) is 18.2 Å². The summed E-state index contributed by atoms with van der Waals surface area (Å²) in [4.78, 5) is 0. The van der Waals surface area contributed by atoms with Crippen LogP contribution in [0.4, 0.5) is 8.78 Å². The van der Waals surface area contributed by atoms with E-state index >= 15 is 0 Å². The summed E-state index contributed by atoms with van der Waals surface area (Å²) in [6.45, 7) is 0.451. The number of aliphatic hydroxyl groups is 1. The van der Waals surface area contributed by atoms with Gasteiger partial charge in [-0.15, -0.1) is 0 Å². The Morgan fingerprint density at radius 3 is 2.74 bits per heavy atom.